The minimum Gasteiger partial charge on any atom is -0.497 e. The van der Waals surface area contributed by atoms with Crippen LogP contribution in [-0.2, 0) is 16.6 Å². The quantitative estimate of drug-likeness (QED) is 0.674. The summed E-state index contributed by atoms with van der Waals surface area (Å²) in [5.41, 5.74) is 2.63. The predicted molar refractivity (Wildman–Crippen MR) is 103 cm³/mol. The van der Waals surface area contributed by atoms with Gasteiger partial charge in [0.1, 0.15) is 16.4 Å². The van der Waals surface area contributed by atoms with Crippen LogP contribution in [0.15, 0.2) is 59.8 Å². The highest BCUT2D eigenvalue weighted by Gasteiger charge is 2.21. The molecule has 142 valence electrons. The van der Waals surface area contributed by atoms with E-state index in [2.05, 4.69) is 9.82 Å². The molecule has 3 aromatic rings. The lowest BCUT2D eigenvalue weighted by molar-refractivity contribution is 0.392. The molecule has 0 aliphatic heterocycles. The Hall–Kier alpha value is -3.00. The highest BCUT2D eigenvalue weighted by molar-refractivity contribution is 7.92. The molecule has 0 radical (unpaired) electrons. The van der Waals surface area contributed by atoms with E-state index in [4.69, 9.17) is 9.47 Å². The van der Waals surface area contributed by atoms with Gasteiger partial charge in [0.25, 0.3) is 10.0 Å². The maximum absolute atomic E-state index is 12.8. The van der Waals surface area contributed by atoms with Gasteiger partial charge in [0.05, 0.1) is 32.6 Å². The van der Waals surface area contributed by atoms with Crippen LogP contribution in [0.25, 0.3) is 0 Å². The standard InChI is InChI=1S/C19H21N3O4S/c1-14-6-4-5-7-15(14)12-22-13-16(11-20-22)21-27(23,24)19-10-17(25-2)8-9-18(19)26-3/h4-11,13,21H,12H2,1-3H3. The Morgan fingerprint density at radius 1 is 1.11 bits per heavy atom. The maximum Gasteiger partial charge on any atom is 0.265 e. The number of nitrogens with zero attached hydrogens (tertiary/aromatic N) is 2. The van der Waals surface area contributed by atoms with E-state index in [-0.39, 0.29) is 10.6 Å². The topological polar surface area (TPSA) is 82.4 Å². The molecule has 3 rings (SSSR count). The summed E-state index contributed by atoms with van der Waals surface area (Å²) < 4.78 is 40.1. The van der Waals surface area contributed by atoms with Gasteiger partial charge in [-0.2, -0.15) is 5.10 Å². The number of aryl methyl sites for hydroxylation is 1. The lowest BCUT2D eigenvalue weighted by atomic mass is 10.1. The van der Waals surface area contributed by atoms with Crippen LogP contribution in [0, 0.1) is 6.92 Å². The van der Waals surface area contributed by atoms with E-state index in [1.807, 2.05) is 31.2 Å². The molecule has 8 heteroatoms. The number of benzene rings is 2. The van der Waals surface area contributed by atoms with Gasteiger partial charge in [-0.1, -0.05) is 24.3 Å². The van der Waals surface area contributed by atoms with Gasteiger partial charge in [0.2, 0.25) is 0 Å². The van der Waals surface area contributed by atoms with E-state index in [1.54, 1.807) is 23.0 Å². The number of sulfonamides is 1. The minimum atomic E-state index is -3.86. The SMILES string of the molecule is COc1ccc(OC)c(S(=O)(=O)Nc2cnn(Cc3ccccc3C)c2)c1. The fraction of sp³-hybridized carbons (Fsp3) is 0.211. The monoisotopic (exact) mass is 387 g/mol. The third-order valence-corrected chi connectivity index (χ3v) is 5.54. The van der Waals surface area contributed by atoms with Gasteiger partial charge in [0.15, 0.2) is 0 Å². The Labute approximate surface area is 158 Å². The smallest absolute Gasteiger partial charge is 0.265 e. The first-order valence-corrected chi connectivity index (χ1v) is 9.73. The number of rotatable bonds is 7. The number of ether oxygens (including phenoxy) is 2. The fourth-order valence-corrected chi connectivity index (χ4v) is 3.88. The summed E-state index contributed by atoms with van der Waals surface area (Å²) in [5, 5.41) is 4.24. The van der Waals surface area contributed by atoms with Crippen LogP contribution in [-0.4, -0.2) is 32.4 Å². The highest BCUT2D eigenvalue weighted by Crippen LogP contribution is 2.29. The molecule has 0 aliphatic carbocycles. The molecule has 0 saturated carbocycles. The molecule has 0 unspecified atom stereocenters. The van der Waals surface area contributed by atoms with E-state index in [1.165, 1.54) is 26.5 Å². The highest BCUT2D eigenvalue weighted by atomic mass is 32.2. The predicted octanol–water partition coefficient (Wildman–Crippen LogP) is 3.06. The molecule has 1 aromatic heterocycles. The number of anilines is 1. The van der Waals surface area contributed by atoms with Gasteiger partial charge < -0.3 is 9.47 Å². The molecule has 0 spiro atoms. The molecular formula is C19H21N3O4S. The molecule has 27 heavy (non-hydrogen) atoms. The number of nitrogens with one attached hydrogen (secondary N) is 1. The summed E-state index contributed by atoms with van der Waals surface area (Å²) >= 11 is 0. The number of aromatic nitrogens is 2. The molecule has 0 bridgehead atoms. The van der Waals surface area contributed by atoms with Crippen molar-refractivity contribution in [3.8, 4) is 11.5 Å². The number of hydrogen-bond acceptors (Lipinski definition) is 5. The van der Waals surface area contributed by atoms with Crippen LogP contribution in [0.4, 0.5) is 5.69 Å². The molecular weight excluding hydrogens is 366 g/mol. The van der Waals surface area contributed by atoms with Crippen molar-refractivity contribution in [1.29, 1.82) is 0 Å². The van der Waals surface area contributed by atoms with E-state index >= 15 is 0 Å². The zero-order valence-corrected chi connectivity index (χ0v) is 16.2. The summed E-state index contributed by atoms with van der Waals surface area (Å²) in [6.45, 7) is 2.58. The molecule has 0 saturated heterocycles. The lowest BCUT2D eigenvalue weighted by Crippen LogP contribution is -2.14. The van der Waals surface area contributed by atoms with Crippen molar-refractivity contribution < 1.29 is 17.9 Å². The van der Waals surface area contributed by atoms with Crippen molar-refractivity contribution in [1.82, 2.24) is 9.78 Å². The number of methoxy groups -OCH3 is 2. The zero-order chi connectivity index (χ0) is 19.4. The second kappa shape index (κ2) is 7.71. The maximum atomic E-state index is 12.8. The minimum absolute atomic E-state index is 0.00370. The third kappa shape index (κ3) is 4.22. The van der Waals surface area contributed by atoms with Crippen molar-refractivity contribution in [2.75, 3.05) is 18.9 Å². The van der Waals surface area contributed by atoms with E-state index < -0.39 is 10.0 Å². The summed E-state index contributed by atoms with van der Waals surface area (Å²) in [7, 11) is -0.974. The Bertz CT molecular complexity index is 1040. The summed E-state index contributed by atoms with van der Waals surface area (Å²) in [5.74, 6) is 0.655. The second-order valence-corrected chi connectivity index (χ2v) is 7.63. The van der Waals surface area contributed by atoms with Gasteiger partial charge in [-0.25, -0.2) is 8.42 Å². The first kappa shape index (κ1) is 18.8. The first-order valence-electron chi connectivity index (χ1n) is 8.25. The van der Waals surface area contributed by atoms with E-state index in [0.29, 0.717) is 18.0 Å². The summed E-state index contributed by atoms with van der Waals surface area (Å²) in [6.07, 6.45) is 3.12. The molecule has 0 fully saturated rings. The molecule has 0 amide bonds. The molecule has 0 atom stereocenters. The Kier molecular flexibility index (Phi) is 5.36. The zero-order valence-electron chi connectivity index (χ0n) is 15.3. The molecule has 7 nitrogen and oxygen atoms in total. The van der Waals surface area contributed by atoms with Crippen LogP contribution in [0.5, 0.6) is 11.5 Å². The Morgan fingerprint density at radius 3 is 2.59 bits per heavy atom. The van der Waals surface area contributed by atoms with Crippen molar-refractivity contribution in [2.45, 2.75) is 18.4 Å². The molecule has 2 aromatic carbocycles. The normalized spacial score (nSPS) is 11.2. The summed E-state index contributed by atoms with van der Waals surface area (Å²) in [6, 6.07) is 12.6. The third-order valence-electron chi connectivity index (χ3n) is 4.14. The Morgan fingerprint density at radius 2 is 1.89 bits per heavy atom. The van der Waals surface area contributed by atoms with Crippen molar-refractivity contribution in [2.24, 2.45) is 0 Å². The van der Waals surface area contributed by atoms with Crippen LogP contribution in [0.1, 0.15) is 11.1 Å². The van der Waals surface area contributed by atoms with E-state index in [0.717, 1.165) is 11.1 Å². The van der Waals surface area contributed by atoms with Gasteiger partial charge in [0, 0.05) is 12.3 Å². The molecule has 1 N–H and O–H groups in total. The van der Waals surface area contributed by atoms with Crippen molar-refractivity contribution >= 4 is 15.7 Å². The lowest BCUT2D eigenvalue weighted by Gasteiger charge is -2.11. The molecule has 1 heterocycles. The molecule has 0 aliphatic rings. The first-order chi connectivity index (χ1) is 12.9. The fourth-order valence-electron chi connectivity index (χ4n) is 2.67. The van der Waals surface area contributed by atoms with Crippen LogP contribution < -0.4 is 14.2 Å². The van der Waals surface area contributed by atoms with Crippen molar-refractivity contribution in [3.63, 3.8) is 0 Å². The number of hydrogen-bond donors (Lipinski definition) is 1. The Balaban J connectivity index is 1.83. The van der Waals surface area contributed by atoms with Gasteiger partial charge >= 0.3 is 0 Å². The average Bonchev–Trinajstić information content (AvgIpc) is 3.09. The van der Waals surface area contributed by atoms with Crippen LogP contribution >= 0.6 is 0 Å². The van der Waals surface area contributed by atoms with Crippen LogP contribution in [0.2, 0.25) is 0 Å². The second-order valence-electron chi connectivity index (χ2n) is 5.98. The largest absolute Gasteiger partial charge is 0.497 e. The van der Waals surface area contributed by atoms with Crippen molar-refractivity contribution in [3.05, 3.63) is 66.0 Å². The average molecular weight is 387 g/mol. The van der Waals surface area contributed by atoms with Gasteiger partial charge in [-0.05, 0) is 30.2 Å². The van der Waals surface area contributed by atoms with Gasteiger partial charge in [-0.3, -0.25) is 9.40 Å². The van der Waals surface area contributed by atoms with E-state index in [9.17, 15) is 8.42 Å². The summed E-state index contributed by atoms with van der Waals surface area (Å²) in [4.78, 5) is -0.00370. The van der Waals surface area contributed by atoms with Crippen LogP contribution in [0.3, 0.4) is 0 Å². The van der Waals surface area contributed by atoms with Gasteiger partial charge in [-0.15, -0.1) is 0 Å².